The fourth-order valence-corrected chi connectivity index (χ4v) is 2.37. The zero-order valence-electron chi connectivity index (χ0n) is 12.0. The first kappa shape index (κ1) is 14.3. The minimum absolute atomic E-state index is 0.149. The van der Waals surface area contributed by atoms with E-state index in [1.54, 1.807) is 12.1 Å². The minimum Gasteiger partial charge on any atom is -0.341 e. The molecule has 0 aliphatic heterocycles. The summed E-state index contributed by atoms with van der Waals surface area (Å²) >= 11 is 0. The number of benzene rings is 2. The predicted octanol–water partition coefficient (Wildman–Crippen LogP) is 4.49. The molecule has 0 fully saturated rings. The molecule has 0 saturated carbocycles. The van der Waals surface area contributed by atoms with Crippen LogP contribution in [0.2, 0.25) is 0 Å². The van der Waals surface area contributed by atoms with Crippen LogP contribution in [0, 0.1) is 12.7 Å². The SMILES string of the molecule is CCN(c1cccc(C)c1)c1cccc(F)c1C(C)=O. The van der Waals surface area contributed by atoms with Crippen LogP contribution >= 0.6 is 0 Å². The molecule has 0 aliphatic carbocycles. The Morgan fingerprint density at radius 3 is 2.50 bits per heavy atom. The van der Waals surface area contributed by atoms with Gasteiger partial charge in [-0.1, -0.05) is 18.2 Å². The molecular weight excluding hydrogens is 253 g/mol. The third-order valence-electron chi connectivity index (χ3n) is 3.26. The van der Waals surface area contributed by atoms with Gasteiger partial charge in [0.2, 0.25) is 0 Å². The number of rotatable bonds is 4. The predicted molar refractivity (Wildman–Crippen MR) is 80.3 cm³/mol. The average Bonchev–Trinajstić information content (AvgIpc) is 2.39. The third-order valence-corrected chi connectivity index (χ3v) is 3.26. The number of Topliss-reactive ketones (excluding diaryl/α,β-unsaturated/α-hetero) is 1. The first-order valence-electron chi connectivity index (χ1n) is 6.68. The van der Waals surface area contributed by atoms with Crippen LogP contribution in [-0.2, 0) is 0 Å². The topological polar surface area (TPSA) is 20.3 Å². The van der Waals surface area contributed by atoms with Crippen molar-refractivity contribution < 1.29 is 9.18 Å². The van der Waals surface area contributed by atoms with E-state index in [4.69, 9.17) is 0 Å². The van der Waals surface area contributed by atoms with Crippen molar-refractivity contribution in [1.82, 2.24) is 0 Å². The number of hydrogen-bond acceptors (Lipinski definition) is 2. The van der Waals surface area contributed by atoms with Gasteiger partial charge in [0.15, 0.2) is 5.78 Å². The lowest BCUT2D eigenvalue weighted by Gasteiger charge is -2.25. The van der Waals surface area contributed by atoms with Gasteiger partial charge in [-0.15, -0.1) is 0 Å². The molecule has 0 bridgehead atoms. The highest BCUT2D eigenvalue weighted by atomic mass is 19.1. The van der Waals surface area contributed by atoms with Gasteiger partial charge in [-0.05, 0) is 50.6 Å². The van der Waals surface area contributed by atoms with Gasteiger partial charge in [-0.2, -0.15) is 0 Å². The monoisotopic (exact) mass is 271 g/mol. The minimum atomic E-state index is -0.471. The van der Waals surface area contributed by atoms with Crippen LogP contribution < -0.4 is 4.90 Å². The molecule has 0 aromatic heterocycles. The van der Waals surface area contributed by atoms with Gasteiger partial charge in [-0.3, -0.25) is 4.79 Å². The Morgan fingerprint density at radius 1 is 1.20 bits per heavy atom. The average molecular weight is 271 g/mol. The third kappa shape index (κ3) is 2.72. The number of aryl methyl sites for hydroxylation is 1. The molecule has 3 heteroatoms. The number of carbonyl (C=O) groups is 1. The largest absolute Gasteiger partial charge is 0.341 e. The van der Waals surface area contributed by atoms with Gasteiger partial charge < -0.3 is 4.90 Å². The summed E-state index contributed by atoms with van der Waals surface area (Å²) in [5, 5.41) is 0. The molecule has 2 aromatic rings. The van der Waals surface area contributed by atoms with E-state index in [2.05, 4.69) is 0 Å². The summed E-state index contributed by atoms with van der Waals surface area (Å²) in [6.07, 6.45) is 0. The van der Waals surface area contributed by atoms with Crippen LogP contribution in [0.25, 0.3) is 0 Å². The number of halogens is 1. The van der Waals surface area contributed by atoms with Crippen molar-refractivity contribution in [3.63, 3.8) is 0 Å². The van der Waals surface area contributed by atoms with Gasteiger partial charge in [0.05, 0.1) is 11.3 Å². The number of anilines is 2. The normalized spacial score (nSPS) is 10.4. The standard InChI is InChI=1S/C17H18FNO/c1-4-19(14-8-5-7-12(2)11-14)16-10-6-9-15(18)17(16)13(3)20/h5-11H,4H2,1-3H3. The molecular formula is C17H18FNO. The van der Waals surface area contributed by atoms with Crippen molar-refractivity contribution in [2.24, 2.45) is 0 Å². The molecule has 0 atom stereocenters. The van der Waals surface area contributed by atoms with E-state index in [9.17, 15) is 9.18 Å². The van der Waals surface area contributed by atoms with Crippen LogP contribution in [0.5, 0.6) is 0 Å². The molecule has 2 aromatic carbocycles. The summed E-state index contributed by atoms with van der Waals surface area (Å²) in [6, 6.07) is 12.7. The fraction of sp³-hybridized carbons (Fsp3) is 0.235. The van der Waals surface area contributed by atoms with Crippen molar-refractivity contribution in [3.8, 4) is 0 Å². The van der Waals surface area contributed by atoms with Crippen LogP contribution in [0.4, 0.5) is 15.8 Å². The van der Waals surface area contributed by atoms with Gasteiger partial charge >= 0.3 is 0 Å². The van der Waals surface area contributed by atoms with Crippen LogP contribution in [0.15, 0.2) is 42.5 Å². The fourth-order valence-electron chi connectivity index (χ4n) is 2.37. The second-order valence-electron chi connectivity index (χ2n) is 4.77. The Bertz CT molecular complexity index is 637. The van der Waals surface area contributed by atoms with Gasteiger partial charge in [0.25, 0.3) is 0 Å². The lowest BCUT2D eigenvalue weighted by Crippen LogP contribution is -2.19. The maximum Gasteiger partial charge on any atom is 0.164 e. The summed E-state index contributed by atoms with van der Waals surface area (Å²) in [4.78, 5) is 13.7. The van der Waals surface area contributed by atoms with Gasteiger partial charge in [0.1, 0.15) is 5.82 Å². The number of ketones is 1. The Kier molecular flexibility index (Phi) is 4.18. The Hall–Kier alpha value is -2.16. The molecule has 2 rings (SSSR count). The summed E-state index contributed by atoms with van der Waals surface area (Å²) in [5.41, 5.74) is 2.85. The Morgan fingerprint density at radius 2 is 1.90 bits per heavy atom. The highest BCUT2D eigenvalue weighted by Crippen LogP contribution is 2.30. The number of hydrogen-bond donors (Lipinski definition) is 0. The zero-order chi connectivity index (χ0) is 14.7. The van der Waals surface area contributed by atoms with E-state index >= 15 is 0 Å². The molecule has 0 heterocycles. The summed E-state index contributed by atoms with van der Waals surface area (Å²) in [6.45, 7) is 6.05. The van der Waals surface area contributed by atoms with E-state index in [1.807, 2.05) is 43.0 Å². The van der Waals surface area contributed by atoms with Crippen molar-refractivity contribution in [2.45, 2.75) is 20.8 Å². The molecule has 104 valence electrons. The Balaban J connectivity index is 2.58. The zero-order valence-corrected chi connectivity index (χ0v) is 12.0. The molecule has 2 nitrogen and oxygen atoms in total. The van der Waals surface area contributed by atoms with E-state index in [0.29, 0.717) is 12.2 Å². The molecule has 0 aliphatic rings. The Labute approximate surface area is 118 Å². The molecule has 0 spiro atoms. The van der Waals surface area contributed by atoms with Crippen molar-refractivity contribution in [1.29, 1.82) is 0 Å². The first-order valence-corrected chi connectivity index (χ1v) is 6.68. The van der Waals surface area contributed by atoms with Crippen molar-refractivity contribution in [3.05, 3.63) is 59.4 Å². The van der Waals surface area contributed by atoms with E-state index in [0.717, 1.165) is 11.3 Å². The number of carbonyl (C=O) groups excluding carboxylic acids is 1. The second kappa shape index (κ2) is 5.87. The summed E-state index contributed by atoms with van der Waals surface area (Å²) in [5.74, 6) is -0.731. The molecule has 0 amide bonds. The summed E-state index contributed by atoms with van der Waals surface area (Å²) < 4.78 is 13.9. The van der Waals surface area contributed by atoms with Gasteiger partial charge in [0, 0.05) is 12.2 Å². The number of nitrogens with zero attached hydrogens (tertiary/aromatic N) is 1. The first-order chi connectivity index (χ1) is 9.54. The smallest absolute Gasteiger partial charge is 0.164 e. The lowest BCUT2D eigenvalue weighted by molar-refractivity contribution is 0.101. The molecule has 0 N–H and O–H groups in total. The van der Waals surface area contributed by atoms with Crippen molar-refractivity contribution >= 4 is 17.2 Å². The highest BCUT2D eigenvalue weighted by molar-refractivity contribution is 6.00. The van der Waals surface area contributed by atoms with Crippen molar-refractivity contribution in [2.75, 3.05) is 11.4 Å². The maximum absolute atomic E-state index is 13.9. The highest BCUT2D eigenvalue weighted by Gasteiger charge is 2.18. The van der Waals surface area contributed by atoms with E-state index < -0.39 is 5.82 Å². The molecule has 0 unspecified atom stereocenters. The van der Waals surface area contributed by atoms with Crippen LogP contribution in [0.1, 0.15) is 29.8 Å². The van der Waals surface area contributed by atoms with Crippen LogP contribution in [0.3, 0.4) is 0 Å². The maximum atomic E-state index is 13.9. The second-order valence-corrected chi connectivity index (χ2v) is 4.77. The molecule has 20 heavy (non-hydrogen) atoms. The molecule has 0 saturated heterocycles. The molecule has 0 radical (unpaired) electrons. The van der Waals surface area contributed by atoms with Gasteiger partial charge in [-0.25, -0.2) is 4.39 Å². The lowest BCUT2D eigenvalue weighted by atomic mass is 10.1. The van der Waals surface area contributed by atoms with E-state index in [-0.39, 0.29) is 11.3 Å². The summed E-state index contributed by atoms with van der Waals surface area (Å²) in [7, 11) is 0. The quantitative estimate of drug-likeness (QED) is 0.763. The van der Waals surface area contributed by atoms with Crippen LogP contribution in [-0.4, -0.2) is 12.3 Å². The van der Waals surface area contributed by atoms with E-state index in [1.165, 1.54) is 13.0 Å².